The normalized spacial score (nSPS) is 14.3. The molecule has 18 heavy (non-hydrogen) atoms. The average molecular weight is 255 g/mol. The fraction of sp³-hybridized carbons (Fsp3) is 0.571. The molecule has 0 aliphatic heterocycles. The number of methoxy groups -OCH3 is 2. The molecule has 2 unspecified atom stereocenters. The molecule has 1 aromatic carbocycles. The molecule has 0 bridgehead atoms. The monoisotopic (exact) mass is 255 g/mol. The molecule has 1 N–H and O–H groups in total. The Bertz CT molecular complexity index is 371. The largest absolute Gasteiger partial charge is 0.494 e. The molecule has 0 aromatic heterocycles. The van der Waals surface area contributed by atoms with Gasteiger partial charge in [0, 0.05) is 26.3 Å². The van der Waals surface area contributed by atoms with E-state index < -0.39 is 0 Å². The molecule has 0 saturated heterocycles. The van der Waals surface area contributed by atoms with Crippen LogP contribution in [0.3, 0.4) is 0 Å². The van der Waals surface area contributed by atoms with Crippen LogP contribution in [-0.2, 0) is 4.74 Å². The molecule has 0 heterocycles. The van der Waals surface area contributed by atoms with Gasteiger partial charge in [0.2, 0.25) is 0 Å². The SMILES string of the molecule is COCC(C)CNC(C)c1ccc(OC)c(F)c1. The van der Waals surface area contributed by atoms with Crippen molar-refractivity contribution in [1.82, 2.24) is 5.32 Å². The number of hydrogen-bond donors (Lipinski definition) is 1. The number of rotatable bonds is 7. The molecule has 0 aliphatic rings. The van der Waals surface area contributed by atoms with Crippen molar-refractivity contribution in [2.75, 3.05) is 27.4 Å². The maximum Gasteiger partial charge on any atom is 0.165 e. The van der Waals surface area contributed by atoms with Gasteiger partial charge in [0.25, 0.3) is 0 Å². The van der Waals surface area contributed by atoms with Crippen LogP contribution in [0, 0.1) is 11.7 Å². The van der Waals surface area contributed by atoms with E-state index in [9.17, 15) is 4.39 Å². The lowest BCUT2D eigenvalue weighted by Gasteiger charge is -2.18. The fourth-order valence-electron chi connectivity index (χ4n) is 1.79. The van der Waals surface area contributed by atoms with Crippen molar-refractivity contribution >= 4 is 0 Å². The van der Waals surface area contributed by atoms with Crippen molar-refractivity contribution in [1.29, 1.82) is 0 Å². The van der Waals surface area contributed by atoms with Crippen molar-refractivity contribution in [3.8, 4) is 5.75 Å². The zero-order valence-electron chi connectivity index (χ0n) is 11.5. The first-order chi connectivity index (χ1) is 8.58. The first kappa shape index (κ1) is 14.9. The van der Waals surface area contributed by atoms with Crippen LogP contribution in [0.15, 0.2) is 18.2 Å². The number of hydrogen-bond acceptors (Lipinski definition) is 3. The van der Waals surface area contributed by atoms with Crippen LogP contribution < -0.4 is 10.1 Å². The summed E-state index contributed by atoms with van der Waals surface area (Å²) in [6, 6.07) is 5.14. The standard InChI is InChI=1S/C14H22FNO2/c1-10(9-17-3)8-16-11(2)12-5-6-14(18-4)13(15)7-12/h5-7,10-11,16H,8-9H2,1-4H3. The molecule has 102 valence electrons. The molecule has 4 heteroatoms. The van der Waals surface area contributed by atoms with E-state index >= 15 is 0 Å². The van der Waals surface area contributed by atoms with E-state index in [1.54, 1.807) is 13.2 Å². The summed E-state index contributed by atoms with van der Waals surface area (Å²) in [5.74, 6) is 0.382. The Balaban J connectivity index is 2.56. The predicted octanol–water partition coefficient (Wildman–Crippen LogP) is 2.77. The lowest BCUT2D eigenvalue weighted by molar-refractivity contribution is 0.157. The fourth-order valence-corrected chi connectivity index (χ4v) is 1.79. The van der Waals surface area contributed by atoms with Crippen LogP contribution in [0.4, 0.5) is 4.39 Å². The number of halogens is 1. The molecular weight excluding hydrogens is 233 g/mol. The van der Waals surface area contributed by atoms with Crippen molar-refractivity contribution in [2.24, 2.45) is 5.92 Å². The number of nitrogens with one attached hydrogen (secondary N) is 1. The molecule has 0 spiro atoms. The van der Waals surface area contributed by atoms with E-state index in [0.717, 1.165) is 18.7 Å². The number of benzene rings is 1. The molecule has 0 amide bonds. The predicted molar refractivity (Wildman–Crippen MR) is 70.4 cm³/mol. The summed E-state index contributed by atoms with van der Waals surface area (Å²) in [7, 11) is 3.16. The zero-order valence-corrected chi connectivity index (χ0v) is 11.5. The summed E-state index contributed by atoms with van der Waals surface area (Å²) in [4.78, 5) is 0. The molecule has 0 fully saturated rings. The van der Waals surface area contributed by atoms with Gasteiger partial charge in [-0.25, -0.2) is 4.39 Å². The molecule has 1 aromatic rings. The second kappa shape index (κ2) is 7.34. The van der Waals surface area contributed by atoms with Gasteiger partial charge in [0.1, 0.15) is 0 Å². The Morgan fingerprint density at radius 3 is 2.56 bits per heavy atom. The van der Waals surface area contributed by atoms with Crippen LogP contribution in [0.1, 0.15) is 25.5 Å². The van der Waals surface area contributed by atoms with E-state index in [0.29, 0.717) is 5.92 Å². The average Bonchev–Trinajstić information content (AvgIpc) is 2.36. The molecular formula is C14H22FNO2. The quantitative estimate of drug-likeness (QED) is 0.812. The van der Waals surface area contributed by atoms with Crippen molar-refractivity contribution in [3.05, 3.63) is 29.6 Å². The Morgan fingerprint density at radius 1 is 1.28 bits per heavy atom. The van der Waals surface area contributed by atoms with Crippen molar-refractivity contribution in [3.63, 3.8) is 0 Å². The van der Waals surface area contributed by atoms with Gasteiger partial charge < -0.3 is 14.8 Å². The van der Waals surface area contributed by atoms with Gasteiger partial charge in [-0.15, -0.1) is 0 Å². The minimum atomic E-state index is -0.325. The minimum Gasteiger partial charge on any atom is -0.494 e. The maximum absolute atomic E-state index is 13.6. The van der Waals surface area contributed by atoms with Gasteiger partial charge in [-0.3, -0.25) is 0 Å². The lowest BCUT2D eigenvalue weighted by Crippen LogP contribution is -2.26. The van der Waals surface area contributed by atoms with Gasteiger partial charge in [-0.05, 0) is 30.5 Å². The lowest BCUT2D eigenvalue weighted by atomic mass is 10.1. The highest BCUT2D eigenvalue weighted by molar-refractivity contribution is 5.30. The van der Waals surface area contributed by atoms with E-state index in [4.69, 9.17) is 9.47 Å². The van der Waals surface area contributed by atoms with E-state index in [1.807, 2.05) is 13.0 Å². The molecule has 1 rings (SSSR count). The van der Waals surface area contributed by atoms with Crippen molar-refractivity contribution in [2.45, 2.75) is 19.9 Å². The van der Waals surface area contributed by atoms with Crippen LogP contribution in [0.5, 0.6) is 5.75 Å². The van der Waals surface area contributed by atoms with Crippen LogP contribution >= 0.6 is 0 Å². The third-order valence-corrected chi connectivity index (χ3v) is 2.90. The van der Waals surface area contributed by atoms with Crippen LogP contribution in [0.2, 0.25) is 0 Å². The summed E-state index contributed by atoms with van der Waals surface area (Å²) >= 11 is 0. The van der Waals surface area contributed by atoms with Crippen LogP contribution in [0.25, 0.3) is 0 Å². The van der Waals surface area contributed by atoms with Gasteiger partial charge in [-0.1, -0.05) is 13.0 Å². The second-order valence-corrected chi connectivity index (χ2v) is 4.58. The molecule has 3 nitrogen and oxygen atoms in total. The smallest absolute Gasteiger partial charge is 0.165 e. The zero-order chi connectivity index (χ0) is 13.5. The highest BCUT2D eigenvalue weighted by atomic mass is 19.1. The van der Waals surface area contributed by atoms with Crippen molar-refractivity contribution < 1.29 is 13.9 Å². The Labute approximate surface area is 108 Å². The van der Waals surface area contributed by atoms with E-state index in [1.165, 1.54) is 13.2 Å². The highest BCUT2D eigenvalue weighted by Gasteiger charge is 2.10. The Hall–Kier alpha value is -1.13. The summed E-state index contributed by atoms with van der Waals surface area (Å²) in [6.45, 7) is 5.68. The molecule has 0 saturated carbocycles. The summed E-state index contributed by atoms with van der Waals surface area (Å²) in [5, 5.41) is 3.36. The minimum absolute atomic E-state index is 0.102. The van der Waals surface area contributed by atoms with Crippen LogP contribution in [-0.4, -0.2) is 27.4 Å². The van der Waals surface area contributed by atoms with E-state index in [-0.39, 0.29) is 17.6 Å². The van der Waals surface area contributed by atoms with Gasteiger partial charge in [0.05, 0.1) is 7.11 Å². The summed E-state index contributed by atoms with van der Waals surface area (Å²) in [6.07, 6.45) is 0. The molecule has 0 radical (unpaired) electrons. The Morgan fingerprint density at radius 2 is 2.00 bits per heavy atom. The first-order valence-electron chi connectivity index (χ1n) is 6.14. The van der Waals surface area contributed by atoms with Gasteiger partial charge in [0.15, 0.2) is 11.6 Å². The topological polar surface area (TPSA) is 30.5 Å². The van der Waals surface area contributed by atoms with E-state index in [2.05, 4.69) is 12.2 Å². The summed E-state index contributed by atoms with van der Waals surface area (Å²) < 4.78 is 23.5. The second-order valence-electron chi connectivity index (χ2n) is 4.58. The first-order valence-corrected chi connectivity index (χ1v) is 6.14. The molecule has 2 atom stereocenters. The highest BCUT2D eigenvalue weighted by Crippen LogP contribution is 2.21. The third kappa shape index (κ3) is 4.27. The number of ether oxygens (including phenoxy) is 2. The summed E-state index contributed by atoms with van der Waals surface area (Å²) in [5.41, 5.74) is 0.915. The van der Waals surface area contributed by atoms with Gasteiger partial charge >= 0.3 is 0 Å². The molecule has 0 aliphatic carbocycles. The third-order valence-electron chi connectivity index (χ3n) is 2.90. The van der Waals surface area contributed by atoms with Gasteiger partial charge in [-0.2, -0.15) is 0 Å². The maximum atomic E-state index is 13.6. The Kier molecular flexibility index (Phi) is 6.09.